The fraction of sp³-hybridized carbons (Fsp3) is 0.500. The van der Waals surface area contributed by atoms with Crippen LogP contribution in [0.1, 0.15) is 99.6 Å². The Hall–Kier alpha value is -3.92. The molecule has 4 fully saturated rings. The first-order valence-corrected chi connectivity index (χ1v) is 21.2. The molecule has 3 aromatic rings. The van der Waals surface area contributed by atoms with Crippen molar-refractivity contribution in [3.05, 3.63) is 83.0 Å². The van der Waals surface area contributed by atoms with Crippen LogP contribution in [0.25, 0.3) is 0 Å². The second-order valence-electron chi connectivity index (χ2n) is 15.2. The number of benzene rings is 2. The molecule has 276 valence electrons. The molecule has 0 spiro atoms. The summed E-state index contributed by atoms with van der Waals surface area (Å²) in [6.45, 7) is 6.41. The maximum absolute atomic E-state index is 13.5. The van der Waals surface area contributed by atoms with Crippen LogP contribution in [0.5, 0.6) is 0 Å². The first kappa shape index (κ1) is 36.4. The summed E-state index contributed by atoms with van der Waals surface area (Å²) in [6.07, 6.45) is 8.17. The summed E-state index contributed by atoms with van der Waals surface area (Å²) < 4.78 is 0.452. The molecule has 3 saturated heterocycles. The third-order valence-corrected chi connectivity index (χ3v) is 14.3. The Morgan fingerprint density at radius 3 is 2.17 bits per heavy atom. The van der Waals surface area contributed by atoms with Gasteiger partial charge in [0, 0.05) is 11.7 Å². The number of aliphatic hydroxyl groups excluding tert-OH is 1. The van der Waals surface area contributed by atoms with Gasteiger partial charge in [0.05, 0.1) is 11.7 Å². The molecular weight excluding hydrogens is 717 g/mol. The second-order valence-corrected chi connectivity index (χ2v) is 18.6. The van der Waals surface area contributed by atoms with E-state index in [-0.39, 0.29) is 45.5 Å². The van der Waals surface area contributed by atoms with Gasteiger partial charge >= 0.3 is 220 Å². The van der Waals surface area contributed by atoms with Crippen molar-refractivity contribution in [3.63, 3.8) is 0 Å². The van der Waals surface area contributed by atoms with E-state index in [9.17, 15) is 19.5 Å². The first-order chi connectivity index (χ1) is 25.1. The summed E-state index contributed by atoms with van der Waals surface area (Å²) >= 11 is -0.920. The second kappa shape index (κ2) is 16.0. The van der Waals surface area contributed by atoms with Crippen LogP contribution in [0.15, 0.2) is 60.8 Å². The summed E-state index contributed by atoms with van der Waals surface area (Å²) in [5.41, 5.74) is 10.2. The van der Waals surface area contributed by atoms with E-state index in [0.29, 0.717) is 35.2 Å². The molecule has 1 aliphatic carbocycles. The van der Waals surface area contributed by atoms with Crippen LogP contribution in [0, 0.1) is 0 Å². The molecule has 7 rings (SSSR count). The molecular formula is C40H52AsN7O4. The number of pyridine rings is 1. The van der Waals surface area contributed by atoms with Crippen molar-refractivity contribution in [2.45, 2.75) is 93.3 Å². The molecule has 3 aliphatic heterocycles. The summed E-state index contributed by atoms with van der Waals surface area (Å²) in [7, 11) is 2.17. The Morgan fingerprint density at radius 2 is 1.54 bits per heavy atom. The van der Waals surface area contributed by atoms with Gasteiger partial charge in [-0.1, -0.05) is 0 Å². The van der Waals surface area contributed by atoms with Gasteiger partial charge in [0.1, 0.15) is 0 Å². The number of carbonyl (C=O) groups is 3. The van der Waals surface area contributed by atoms with Crippen molar-refractivity contribution in [3.8, 4) is 0 Å². The van der Waals surface area contributed by atoms with E-state index < -0.39 is 21.7 Å². The van der Waals surface area contributed by atoms with E-state index in [1.165, 1.54) is 11.3 Å². The van der Waals surface area contributed by atoms with Gasteiger partial charge in [0.15, 0.2) is 0 Å². The zero-order valence-electron chi connectivity index (χ0n) is 30.3. The topological polar surface area (TPSA) is 144 Å². The number of hydrogen-bond acceptors (Lipinski definition) is 9. The normalized spacial score (nSPS) is 25.6. The average Bonchev–Trinajstić information content (AvgIpc) is 3.42. The Kier molecular flexibility index (Phi) is 11.2. The third kappa shape index (κ3) is 8.32. The molecule has 52 heavy (non-hydrogen) atoms. The monoisotopic (exact) mass is 769 g/mol. The molecule has 12 heteroatoms. The zero-order chi connectivity index (χ0) is 36.4. The molecule has 1 saturated carbocycles. The number of nitrogens with zero attached hydrogens (tertiary/aromatic N) is 4. The van der Waals surface area contributed by atoms with Crippen molar-refractivity contribution in [1.82, 2.24) is 15.2 Å². The number of nitrogens with one attached hydrogen (secondary N) is 2. The predicted molar refractivity (Wildman–Crippen MR) is 207 cm³/mol. The molecule has 2 bridgehead atoms. The van der Waals surface area contributed by atoms with Gasteiger partial charge < -0.3 is 16.2 Å². The molecule has 11 nitrogen and oxygen atoms in total. The maximum atomic E-state index is 13.5. The van der Waals surface area contributed by atoms with Gasteiger partial charge in [0.2, 0.25) is 0 Å². The number of piperazine rings is 1. The molecule has 4 aliphatic rings. The number of aliphatic hydroxyl groups is 1. The number of hydrogen-bond donors (Lipinski definition) is 4. The summed E-state index contributed by atoms with van der Waals surface area (Å²) in [5, 5.41) is 16.6. The third-order valence-electron chi connectivity index (χ3n) is 11.6. The minimum atomic E-state index is -0.920. The van der Waals surface area contributed by atoms with Gasteiger partial charge in [-0.3, -0.25) is 4.79 Å². The van der Waals surface area contributed by atoms with Crippen LogP contribution in [0.2, 0.25) is 0 Å². The van der Waals surface area contributed by atoms with Gasteiger partial charge in [-0.05, 0) is 43.9 Å². The number of nitrogens with two attached hydrogens (primary N) is 1. The average molecular weight is 770 g/mol. The molecule has 5 atom stereocenters. The zero-order valence-corrected chi connectivity index (χ0v) is 32.4. The number of aromatic nitrogens is 1. The van der Waals surface area contributed by atoms with Crippen LogP contribution in [0.4, 0.5) is 17.2 Å². The van der Waals surface area contributed by atoms with Gasteiger partial charge in [-0.15, -0.1) is 0 Å². The summed E-state index contributed by atoms with van der Waals surface area (Å²) in [5.74, 6) is 0.189. The van der Waals surface area contributed by atoms with Gasteiger partial charge in [-0.2, -0.15) is 0 Å². The van der Waals surface area contributed by atoms with Crippen LogP contribution in [-0.2, 0) is 0 Å². The first-order valence-electron chi connectivity index (χ1n) is 18.9. The van der Waals surface area contributed by atoms with Crippen molar-refractivity contribution in [1.29, 1.82) is 0 Å². The van der Waals surface area contributed by atoms with Crippen molar-refractivity contribution >= 4 is 49.3 Å². The Labute approximate surface area is 313 Å². The Balaban J connectivity index is 0.930. The number of amides is 2. The van der Waals surface area contributed by atoms with Crippen molar-refractivity contribution in [2.75, 3.05) is 48.3 Å². The van der Waals surface area contributed by atoms with E-state index in [4.69, 9.17) is 10.7 Å². The Bertz CT molecular complexity index is 1730. The molecule has 2 amide bonds. The predicted octanol–water partition coefficient (Wildman–Crippen LogP) is 3.92. The number of likely N-dealkylation sites (N-methyl/N-ethyl adjacent to an activating group) is 1. The SMILES string of the molecule is C[C@H]([AsH]C(=O)c1ccc(N2[C@@H]3CC[C@H]2C[C@@H](NC(=O)c2ccc(C(N)=O)c(NC4CCC(O)CC4)c2)C3)nc1)c1ccc(N2CCN(C)CC2)cc1. The number of anilines is 3. The molecule has 5 N–H and O–H groups in total. The van der Waals surface area contributed by atoms with E-state index >= 15 is 0 Å². The number of fused-ring (bicyclic) bond motifs is 2. The van der Waals surface area contributed by atoms with E-state index in [0.717, 1.165) is 70.5 Å². The fourth-order valence-corrected chi connectivity index (χ4v) is 10.7. The fourth-order valence-electron chi connectivity index (χ4n) is 8.47. The van der Waals surface area contributed by atoms with Crippen LogP contribution in [-0.4, -0.2) is 111 Å². The number of primary amides is 1. The summed E-state index contributed by atoms with van der Waals surface area (Å²) in [4.78, 5) is 51.0. The van der Waals surface area contributed by atoms with Crippen molar-refractivity contribution in [2.24, 2.45) is 5.73 Å². The quantitative estimate of drug-likeness (QED) is 0.214. The number of carbonyl (C=O) groups excluding carboxylic acids is 3. The van der Waals surface area contributed by atoms with Gasteiger partial charge in [0.25, 0.3) is 5.91 Å². The van der Waals surface area contributed by atoms with Crippen molar-refractivity contribution < 1.29 is 19.5 Å². The Morgan fingerprint density at radius 1 is 0.865 bits per heavy atom. The van der Waals surface area contributed by atoms with Gasteiger partial charge in [-0.25, -0.2) is 0 Å². The van der Waals surface area contributed by atoms with E-state index in [1.807, 2.05) is 12.1 Å². The molecule has 4 heterocycles. The van der Waals surface area contributed by atoms with Crippen LogP contribution >= 0.6 is 0 Å². The summed E-state index contributed by atoms with van der Waals surface area (Å²) in [6, 6.07) is 18.4. The molecule has 0 radical (unpaired) electrons. The molecule has 2 aromatic carbocycles. The molecule has 1 unspecified atom stereocenters. The van der Waals surface area contributed by atoms with E-state index in [1.54, 1.807) is 24.4 Å². The van der Waals surface area contributed by atoms with Crippen LogP contribution in [0.3, 0.4) is 0 Å². The molecule has 1 aromatic heterocycles. The van der Waals surface area contributed by atoms with Crippen LogP contribution < -0.4 is 26.2 Å². The minimum absolute atomic E-state index is 0.0247. The van der Waals surface area contributed by atoms with E-state index in [2.05, 4.69) is 63.6 Å². The number of piperidine rings is 1. The number of rotatable bonds is 11. The standard InChI is InChI=1S/C40H52AsN7O4/c1-25(26-3-9-31(10-4-26)47-19-17-46(2)18-20-47)41-38(50)28-6-16-37(43-24-28)48-32-11-12-33(48)23-30(22-32)45-40(52)27-5-15-35(39(42)51)36(21-27)44-29-7-13-34(49)14-8-29/h3-6,9-10,15-16,21,24-25,29-30,32-34,41,44,49H,7-8,11-14,17-20,22-23H2,1-2H3,(H2,42,51)(H,45,52)/t25-,29?,30-,32+,33-,34?/m0/s1.